The van der Waals surface area contributed by atoms with Gasteiger partial charge in [0.15, 0.2) is 0 Å². The van der Waals surface area contributed by atoms with Crippen LogP contribution in [0.15, 0.2) is 12.3 Å². The van der Waals surface area contributed by atoms with Crippen molar-refractivity contribution in [3.8, 4) is 0 Å². The molecular formula is C12H16Cl2N2. The number of rotatable bonds is 2. The minimum atomic E-state index is 0.463. The summed E-state index contributed by atoms with van der Waals surface area (Å²) in [5, 5.41) is 1.19. The molecule has 88 valence electrons. The molecule has 2 nitrogen and oxygen atoms in total. The molecule has 2 heterocycles. The zero-order valence-corrected chi connectivity index (χ0v) is 10.8. The van der Waals surface area contributed by atoms with E-state index in [0.717, 1.165) is 17.1 Å². The number of hydrogen-bond acceptors (Lipinski definition) is 2. The molecule has 1 aromatic heterocycles. The van der Waals surface area contributed by atoms with Crippen molar-refractivity contribution >= 4 is 23.2 Å². The molecule has 16 heavy (non-hydrogen) atoms. The van der Waals surface area contributed by atoms with Crippen LogP contribution in [0.1, 0.15) is 31.2 Å². The first-order valence-electron chi connectivity index (χ1n) is 5.78. The van der Waals surface area contributed by atoms with E-state index in [2.05, 4.69) is 9.88 Å². The monoisotopic (exact) mass is 258 g/mol. The molecule has 4 heteroatoms. The third kappa shape index (κ3) is 3.34. The van der Waals surface area contributed by atoms with Crippen molar-refractivity contribution in [2.24, 2.45) is 0 Å². The van der Waals surface area contributed by atoms with Gasteiger partial charge in [-0.15, -0.1) is 0 Å². The highest BCUT2D eigenvalue weighted by atomic mass is 35.5. The Morgan fingerprint density at radius 3 is 2.44 bits per heavy atom. The summed E-state index contributed by atoms with van der Waals surface area (Å²) in [6.45, 7) is 3.22. The molecule has 0 aromatic carbocycles. The standard InChI is InChI=1S/C12H16Cl2N2/c13-11-7-12(14)15-8-10(11)9-16-5-3-1-2-4-6-16/h7-8H,1-6,9H2. The van der Waals surface area contributed by atoms with E-state index in [1.54, 1.807) is 12.3 Å². The lowest BCUT2D eigenvalue weighted by Gasteiger charge is -2.20. The fourth-order valence-electron chi connectivity index (χ4n) is 2.09. The van der Waals surface area contributed by atoms with Gasteiger partial charge in [-0.2, -0.15) is 0 Å². The second kappa shape index (κ2) is 5.85. The van der Waals surface area contributed by atoms with Crippen LogP contribution in [0, 0.1) is 0 Å². The van der Waals surface area contributed by atoms with Crippen molar-refractivity contribution in [2.45, 2.75) is 32.2 Å². The van der Waals surface area contributed by atoms with E-state index in [0.29, 0.717) is 5.15 Å². The quantitative estimate of drug-likeness (QED) is 0.752. The van der Waals surface area contributed by atoms with Crippen LogP contribution in [0.2, 0.25) is 10.2 Å². The highest BCUT2D eigenvalue weighted by Crippen LogP contribution is 2.21. The third-order valence-corrected chi connectivity index (χ3v) is 3.55. The maximum absolute atomic E-state index is 6.14. The number of likely N-dealkylation sites (tertiary alicyclic amines) is 1. The Labute approximate surface area is 107 Å². The average Bonchev–Trinajstić information content (AvgIpc) is 2.51. The molecule has 0 amide bonds. The maximum Gasteiger partial charge on any atom is 0.130 e. The Hall–Kier alpha value is -0.310. The highest BCUT2D eigenvalue weighted by Gasteiger charge is 2.11. The molecule has 1 aliphatic rings. The Kier molecular flexibility index (Phi) is 4.45. The maximum atomic E-state index is 6.14. The van der Waals surface area contributed by atoms with E-state index in [9.17, 15) is 0 Å². The smallest absolute Gasteiger partial charge is 0.130 e. The molecule has 0 unspecified atom stereocenters. The first-order chi connectivity index (χ1) is 7.75. The zero-order valence-electron chi connectivity index (χ0n) is 9.25. The van der Waals surface area contributed by atoms with Crippen molar-refractivity contribution in [2.75, 3.05) is 13.1 Å². The van der Waals surface area contributed by atoms with Crippen molar-refractivity contribution in [1.29, 1.82) is 0 Å². The first kappa shape index (κ1) is 12.2. The second-order valence-electron chi connectivity index (χ2n) is 4.29. The van der Waals surface area contributed by atoms with Crippen LogP contribution in [0.3, 0.4) is 0 Å². The van der Waals surface area contributed by atoms with E-state index in [-0.39, 0.29) is 0 Å². The van der Waals surface area contributed by atoms with Crippen LogP contribution in [0.25, 0.3) is 0 Å². The number of nitrogens with zero attached hydrogens (tertiary/aromatic N) is 2. The number of halogens is 2. The molecule has 2 rings (SSSR count). The summed E-state index contributed by atoms with van der Waals surface area (Å²) < 4.78 is 0. The molecule has 1 saturated heterocycles. The van der Waals surface area contributed by atoms with Crippen LogP contribution in [-0.2, 0) is 6.54 Å². The number of pyridine rings is 1. The Morgan fingerprint density at radius 1 is 1.12 bits per heavy atom. The fraction of sp³-hybridized carbons (Fsp3) is 0.583. The van der Waals surface area contributed by atoms with Gasteiger partial charge in [-0.25, -0.2) is 4.98 Å². The van der Waals surface area contributed by atoms with Crippen molar-refractivity contribution in [1.82, 2.24) is 9.88 Å². The largest absolute Gasteiger partial charge is 0.299 e. The van der Waals surface area contributed by atoms with E-state index < -0.39 is 0 Å². The van der Waals surface area contributed by atoms with Crippen LogP contribution < -0.4 is 0 Å². The van der Waals surface area contributed by atoms with Crippen LogP contribution in [0.5, 0.6) is 0 Å². The summed E-state index contributed by atoms with van der Waals surface area (Å²) in [5.41, 5.74) is 1.08. The summed E-state index contributed by atoms with van der Waals surface area (Å²) in [6, 6.07) is 1.72. The lowest BCUT2D eigenvalue weighted by molar-refractivity contribution is 0.277. The summed E-state index contributed by atoms with van der Waals surface area (Å²) >= 11 is 11.9. The third-order valence-electron chi connectivity index (χ3n) is 2.99. The van der Waals surface area contributed by atoms with E-state index in [1.807, 2.05) is 0 Å². The second-order valence-corrected chi connectivity index (χ2v) is 5.08. The van der Waals surface area contributed by atoms with E-state index >= 15 is 0 Å². The minimum absolute atomic E-state index is 0.463. The molecule has 0 atom stereocenters. The van der Waals surface area contributed by atoms with Gasteiger partial charge in [0, 0.05) is 23.3 Å². The minimum Gasteiger partial charge on any atom is -0.299 e. The lowest BCUT2D eigenvalue weighted by atomic mass is 10.2. The molecule has 0 radical (unpaired) electrons. The predicted molar refractivity (Wildman–Crippen MR) is 68.0 cm³/mol. The van der Waals surface area contributed by atoms with Crippen molar-refractivity contribution in [3.05, 3.63) is 28.0 Å². The number of hydrogen-bond donors (Lipinski definition) is 0. The Balaban J connectivity index is 2.01. The average molecular weight is 259 g/mol. The van der Waals surface area contributed by atoms with Gasteiger partial charge in [0.05, 0.1) is 0 Å². The summed E-state index contributed by atoms with van der Waals surface area (Å²) in [6.07, 6.45) is 7.07. The zero-order chi connectivity index (χ0) is 11.4. The predicted octanol–water partition coefficient (Wildman–Crippen LogP) is 3.76. The molecule has 0 bridgehead atoms. The van der Waals surface area contributed by atoms with Gasteiger partial charge in [0.2, 0.25) is 0 Å². The molecule has 1 aliphatic heterocycles. The van der Waals surface area contributed by atoms with Crippen molar-refractivity contribution < 1.29 is 0 Å². The van der Waals surface area contributed by atoms with Gasteiger partial charge in [-0.05, 0) is 32.0 Å². The first-order valence-corrected chi connectivity index (χ1v) is 6.53. The molecule has 0 saturated carbocycles. The van der Waals surface area contributed by atoms with Gasteiger partial charge >= 0.3 is 0 Å². The molecule has 1 fully saturated rings. The summed E-state index contributed by atoms with van der Waals surface area (Å²) in [5.74, 6) is 0. The Morgan fingerprint density at radius 2 is 1.81 bits per heavy atom. The van der Waals surface area contributed by atoms with Gasteiger partial charge in [-0.1, -0.05) is 36.0 Å². The normalized spacial score (nSPS) is 18.4. The van der Waals surface area contributed by atoms with Gasteiger partial charge < -0.3 is 0 Å². The van der Waals surface area contributed by atoms with Gasteiger partial charge in [0.25, 0.3) is 0 Å². The van der Waals surface area contributed by atoms with E-state index in [4.69, 9.17) is 23.2 Å². The molecule has 0 aliphatic carbocycles. The van der Waals surface area contributed by atoms with Crippen LogP contribution in [0.4, 0.5) is 0 Å². The van der Waals surface area contributed by atoms with Gasteiger partial charge in [-0.3, -0.25) is 4.90 Å². The lowest BCUT2D eigenvalue weighted by Crippen LogP contribution is -2.24. The van der Waals surface area contributed by atoms with Crippen LogP contribution in [-0.4, -0.2) is 23.0 Å². The van der Waals surface area contributed by atoms with Gasteiger partial charge in [0.1, 0.15) is 5.15 Å². The summed E-state index contributed by atoms with van der Waals surface area (Å²) in [7, 11) is 0. The van der Waals surface area contributed by atoms with E-state index in [1.165, 1.54) is 38.8 Å². The molecular weight excluding hydrogens is 243 g/mol. The van der Waals surface area contributed by atoms with Crippen molar-refractivity contribution in [3.63, 3.8) is 0 Å². The molecule has 0 N–H and O–H groups in total. The Bertz CT molecular complexity index is 347. The molecule has 0 spiro atoms. The fourth-order valence-corrected chi connectivity index (χ4v) is 2.51. The summed E-state index contributed by atoms with van der Waals surface area (Å²) in [4.78, 5) is 6.53. The highest BCUT2D eigenvalue weighted by molar-refractivity contribution is 6.34. The topological polar surface area (TPSA) is 16.1 Å². The van der Waals surface area contributed by atoms with Crippen LogP contribution >= 0.6 is 23.2 Å². The number of aromatic nitrogens is 1. The SMILES string of the molecule is Clc1cc(Cl)c(CN2CCCCCC2)cn1. The molecule has 1 aromatic rings.